The van der Waals surface area contributed by atoms with Gasteiger partial charge in [-0.1, -0.05) is 41.6 Å². The molecule has 0 aliphatic heterocycles. The Morgan fingerprint density at radius 2 is 1.68 bits per heavy atom. The van der Waals surface area contributed by atoms with E-state index < -0.39 is 12.5 Å². The number of amides is 1. The van der Waals surface area contributed by atoms with Gasteiger partial charge in [0.15, 0.2) is 6.54 Å². The fourth-order valence-corrected chi connectivity index (χ4v) is 3.30. The third kappa shape index (κ3) is 4.25. The van der Waals surface area contributed by atoms with Crippen LogP contribution in [0.15, 0.2) is 76.3 Å². The van der Waals surface area contributed by atoms with E-state index in [0.717, 1.165) is 0 Å². The predicted octanol–water partition coefficient (Wildman–Crippen LogP) is 2.77. The Kier molecular flexibility index (Phi) is 6.35. The van der Waals surface area contributed by atoms with E-state index in [1.165, 1.54) is 9.69 Å². The van der Waals surface area contributed by atoms with Crippen molar-refractivity contribution in [2.45, 2.75) is 6.92 Å². The van der Waals surface area contributed by atoms with Crippen LogP contribution >= 0.6 is 0 Å². The lowest BCUT2D eigenvalue weighted by Gasteiger charge is -2.33. The number of carbonyl (C=O) groups is 1. The molecule has 9 nitrogen and oxygen atoms in total. The minimum absolute atomic E-state index is 0.0891. The van der Waals surface area contributed by atoms with E-state index in [-0.39, 0.29) is 11.2 Å². The maximum absolute atomic E-state index is 12.8. The Morgan fingerprint density at radius 3 is 2.26 bits per heavy atom. The fourth-order valence-electron chi connectivity index (χ4n) is 3.30. The molecule has 1 aromatic heterocycles. The number of rotatable bonds is 7. The zero-order valence-electron chi connectivity index (χ0n) is 17.6. The topological polar surface area (TPSA) is 106 Å². The largest absolute Gasteiger partial charge is 0.392 e. The number of allylic oxidation sites excluding steroid dienone is 1. The summed E-state index contributed by atoms with van der Waals surface area (Å²) < 4.78 is 3.14. The van der Waals surface area contributed by atoms with E-state index in [4.69, 9.17) is 5.73 Å². The third-order valence-corrected chi connectivity index (χ3v) is 4.94. The number of nitrogens with two attached hydrogens (primary N) is 1. The molecule has 0 unspecified atom stereocenters. The van der Waals surface area contributed by atoms with Gasteiger partial charge in [0.25, 0.3) is 11.5 Å². The SMILES string of the molecule is C/C(=C\c1c(N)c(=O)n(-c2ccccc2)n1C)N(C)N(C(=O)CN=O)c1ccccc1. The molecule has 0 bridgehead atoms. The van der Waals surface area contributed by atoms with E-state index >= 15 is 0 Å². The summed E-state index contributed by atoms with van der Waals surface area (Å²) in [5, 5.41) is 5.68. The van der Waals surface area contributed by atoms with Crippen molar-refractivity contribution in [1.29, 1.82) is 0 Å². The molecule has 0 aliphatic rings. The van der Waals surface area contributed by atoms with Crippen LogP contribution in [-0.4, -0.2) is 33.9 Å². The maximum Gasteiger partial charge on any atom is 0.295 e. The Hall–Kier alpha value is -4.14. The second-order valence-corrected chi connectivity index (χ2v) is 6.91. The first-order valence-electron chi connectivity index (χ1n) is 9.58. The summed E-state index contributed by atoms with van der Waals surface area (Å²) in [6.07, 6.45) is 1.72. The number of aromatic nitrogens is 2. The first-order chi connectivity index (χ1) is 14.9. The zero-order valence-corrected chi connectivity index (χ0v) is 17.6. The van der Waals surface area contributed by atoms with Gasteiger partial charge >= 0.3 is 0 Å². The molecule has 0 fully saturated rings. The van der Waals surface area contributed by atoms with Crippen LogP contribution < -0.4 is 16.3 Å². The summed E-state index contributed by atoms with van der Waals surface area (Å²) in [5.41, 5.74) is 8.26. The molecule has 31 heavy (non-hydrogen) atoms. The number of nitrogen functional groups attached to an aromatic ring is 1. The van der Waals surface area contributed by atoms with Crippen LogP contribution in [0.25, 0.3) is 11.8 Å². The first-order valence-corrected chi connectivity index (χ1v) is 9.58. The van der Waals surface area contributed by atoms with Crippen molar-refractivity contribution in [2.24, 2.45) is 12.2 Å². The predicted molar refractivity (Wildman–Crippen MR) is 121 cm³/mol. The third-order valence-electron chi connectivity index (χ3n) is 4.94. The monoisotopic (exact) mass is 420 g/mol. The van der Waals surface area contributed by atoms with Crippen LogP contribution in [-0.2, 0) is 11.8 Å². The minimum atomic E-state index is -0.502. The van der Waals surface area contributed by atoms with Crippen molar-refractivity contribution in [1.82, 2.24) is 14.4 Å². The van der Waals surface area contributed by atoms with Gasteiger partial charge in [-0.25, -0.2) is 9.69 Å². The van der Waals surface area contributed by atoms with Crippen molar-refractivity contribution >= 4 is 23.4 Å². The Labute approximate surface area is 179 Å². The number of benzene rings is 2. The number of hydrazine groups is 1. The molecule has 3 aromatic rings. The Balaban J connectivity index is 2.04. The second kappa shape index (κ2) is 9.12. The highest BCUT2D eigenvalue weighted by Gasteiger charge is 2.22. The number of hydrogen-bond donors (Lipinski definition) is 1. The molecule has 0 saturated heterocycles. The van der Waals surface area contributed by atoms with E-state index in [1.807, 2.05) is 36.4 Å². The van der Waals surface area contributed by atoms with Gasteiger partial charge in [-0.05, 0) is 37.3 Å². The van der Waals surface area contributed by atoms with Crippen molar-refractivity contribution in [2.75, 3.05) is 24.3 Å². The molecule has 0 saturated carbocycles. The Morgan fingerprint density at radius 1 is 1.10 bits per heavy atom. The summed E-state index contributed by atoms with van der Waals surface area (Å²) in [4.78, 5) is 36.1. The van der Waals surface area contributed by atoms with Crippen molar-refractivity contribution in [3.05, 3.63) is 87.3 Å². The minimum Gasteiger partial charge on any atom is -0.392 e. The van der Waals surface area contributed by atoms with Gasteiger partial charge in [-0.15, -0.1) is 0 Å². The van der Waals surface area contributed by atoms with Crippen molar-refractivity contribution in [3.63, 3.8) is 0 Å². The van der Waals surface area contributed by atoms with Gasteiger partial charge in [0, 0.05) is 19.8 Å². The standard InChI is InChI=1S/C22H24N6O3/c1-16(25(2)27(20(29)15-24-31)17-10-6-4-7-11-17)14-19-21(23)22(30)28(26(19)3)18-12-8-5-9-13-18/h4-14H,15,23H2,1-3H3/b16-14+. The van der Waals surface area contributed by atoms with Gasteiger partial charge in [0.1, 0.15) is 5.69 Å². The highest BCUT2D eigenvalue weighted by Crippen LogP contribution is 2.22. The van der Waals surface area contributed by atoms with Gasteiger partial charge in [-0.2, -0.15) is 4.91 Å². The molecule has 1 amide bonds. The average Bonchev–Trinajstić information content (AvgIpc) is 2.98. The van der Waals surface area contributed by atoms with Crippen molar-refractivity contribution in [3.8, 4) is 5.69 Å². The lowest BCUT2D eigenvalue weighted by atomic mass is 10.3. The van der Waals surface area contributed by atoms with Gasteiger partial charge in [0.2, 0.25) is 0 Å². The van der Waals surface area contributed by atoms with Gasteiger partial charge in [-0.3, -0.25) is 19.3 Å². The Bertz CT molecular complexity index is 1170. The fraction of sp³-hybridized carbons (Fsp3) is 0.182. The highest BCUT2D eigenvalue weighted by atomic mass is 16.3. The number of hydrogen-bond acceptors (Lipinski definition) is 6. The average molecular weight is 420 g/mol. The van der Waals surface area contributed by atoms with Gasteiger partial charge < -0.3 is 5.73 Å². The van der Waals surface area contributed by atoms with Crippen LogP contribution in [0.3, 0.4) is 0 Å². The number of para-hydroxylation sites is 2. The molecule has 0 radical (unpaired) electrons. The molecule has 2 N–H and O–H groups in total. The number of nitrogens with zero attached hydrogens (tertiary/aromatic N) is 5. The molecule has 2 aromatic carbocycles. The lowest BCUT2D eigenvalue weighted by Crippen LogP contribution is -2.44. The molecule has 0 atom stereocenters. The van der Waals surface area contributed by atoms with Gasteiger partial charge in [0.05, 0.1) is 17.1 Å². The van der Waals surface area contributed by atoms with Crippen LogP contribution in [0, 0.1) is 4.91 Å². The molecular formula is C22H24N6O3. The molecule has 0 aliphatic carbocycles. The smallest absolute Gasteiger partial charge is 0.295 e. The van der Waals surface area contributed by atoms with Crippen molar-refractivity contribution < 1.29 is 4.79 Å². The van der Waals surface area contributed by atoms with E-state index in [9.17, 15) is 14.5 Å². The molecule has 3 rings (SSSR count). The number of anilines is 2. The molecule has 9 heteroatoms. The maximum atomic E-state index is 12.8. The summed E-state index contributed by atoms with van der Waals surface area (Å²) in [6, 6.07) is 18.1. The molecular weight excluding hydrogens is 396 g/mol. The van der Waals surface area contributed by atoms with Crippen LogP contribution in [0.1, 0.15) is 12.6 Å². The summed E-state index contributed by atoms with van der Waals surface area (Å²) in [6.45, 7) is 1.28. The molecule has 160 valence electrons. The summed E-state index contributed by atoms with van der Waals surface area (Å²) in [7, 11) is 3.42. The van der Waals surface area contributed by atoms with Crippen LogP contribution in [0.4, 0.5) is 11.4 Å². The van der Waals surface area contributed by atoms with Crippen LogP contribution in [0.2, 0.25) is 0 Å². The summed E-state index contributed by atoms with van der Waals surface area (Å²) in [5.74, 6) is -0.486. The first kappa shape index (κ1) is 21.6. The summed E-state index contributed by atoms with van der Waals surface area (Å²) >= 11 is 0. The quantitative estimate of drug-likeness (QED) is 0.467. The second-order valence-electron chi connectivity index (χ2n) is 6.91. The van der Waals surface area contributed by atoms with E-state index in [1.54, 1.807) is 61.1 Å². The van der Waals surface area contributed by atoms with E-state index in [0.29, 0.717) is 22.8 Å². The highest BCUT2D eigenvalue weighted by molar-refractivity contribution is 5.94. The number of carbonyl (C=O) groups excluding carboxylic acids is 1. The molecule has 0 spiro atoms. The van der Waals surface area contributed by atoms with Crippen LogP contribution in [0.5, 0.6) is 0 Å². The normalized spacial score (nSPS) is 11.3. The van der Waals surface area contributed by atoms with E-state index in [2.05, 4.69) is 5.18 Å². The lowest BCUT2D eigenvalue weighted by molar-refractivity contribution is -0.119. The number of nitroso groups, excluding NO2 is 1. The zero-order chi connectivity index (χ0) is 22.5. The molecule has 1 heterocycles.